The van der Waals surface area contributed by atoms with Crippen LogP contribution in [-0.4, -0.2) is 16.1 Å². The molecule has 3 rings (SSSR count). The van der Waals surface area contributed by atoms with Gasteiger partial charge in [0.15, 0.2) is 0 Å². The quantitative estimate of drug-likeness (QED) is 0.728. The molecule has 1 heterocycles. The van der Waals surface area contributed by atoms with Crippen LogP contribution in [0.15, 0.2) is 48.5 Å². The van der Waals surface area contributed by atoms with Gasteiger partial charge in [-0.25, -0.2) is 4.98 Å². The Kier molecular flexibility index (Phi) is 4.53. The Morgan fingerprint density at radius 1 is 1.17 bits per heavy atom. The molecule has 0 aliphatic heterocycles. The van der Waals surface area contributed by atoms with Crippen LogP contribution in [0.3, 0.4) is 0 Å². The fourth-order valence-corrected chi connectivity index (χ4v) is 3.39. The molecule has 3 nitrogen and oxygen atoms in total. The summed E-state index contributed by atoms with van der Waals surface area (Å²) in [6, 6.07) is 16.0. The molecule has 1 N–H and O–H groups in total. The van der Waals surface area contributed by atoms with Crippen molar-refractivity contribution in [2.75, 3.05) is 0 Å². The standard InChI is InChI=1S/C19H17NO2S/c1-2-13-7-9-14(10-8-13)11-15(12-18(21)22)19-20-16-5-3-4-6-17(16)23-19/h3-11H,2,12H2,1H3,(H,21,22)/b15-11+. The lowest BCUT2D eigenvalue weighted by Gasteiger charge is -2.03. The van der Waals surface area contributed by atoms with Crippen LogP contribution in [0.5, 0.6) is 0 Å². The van der Waals surface area contributed by atoms with Gasteiger partial charge in [-0.2, -0.15) is 0 Å². The predicted molar refractivity (Wildman–Crippen MR) is 95.6 cm³/mol. The van der Waals surface area contributed by atoms with Crippen LogP contribution >= 0.6 is 11.3 Å². The number of hydrogen-bond donors (Lipinski definition) is 1. The normalized spacial score (nSPS) is 11.8. The molecule has 0 unspecified atom stereocenters. The highest BCUT2D eigenvalue weighted by Crippen LogP contribution is 2.30. The molecule has 23 heavy (non-hydrogen) atoms. The number of para-hydroxylation sites is 1. The molecule has 0 spiro atoms. The van der Waals surface area contributed by atoms with Crippen LogP contribution < -0.4 is 0 Å². The Bertz CT molecular complexity index is 829. The van der Waals surface area contributed by atoms with Gasteiger partial charge in [-0.05, 0) is 41.3 Å². The zero-order valence-corrected chi connectivity index (χ0v) is 13.6. The Balaban J connectivity index is 2.01. The summed E-state index contributed by atoms with van der Waals surface area (Å²) in [4.78, 5) is 15.8. The molecule has 0 aliphatic rings. The molecule has 3 aromatic rings. The minimum absolute atomic E-state index is 0.0324. The van der Waals surface area contributed by atoms with Crippen molar-refractivity contribution in [3.63, 3.8) is 0 Å². The molecule has 1 aromatic heterocycles. The molecule has 0 bridgehead atoms. The highest BCUT2D eigenvalue weighted by atomic mass is 32.1. The Hall–Kier alpha value is -2.46. The van der Waals surface area contributed by atoms with Gasteiger partial charge in [0.1, 0.15) is 5.01 Å². The first-order chi connectivity index (χ1) is 11.2. The van der Waals surface area contributed by atoms with Crippen LogP contribution in [0.25, 0.3) is 21.9 Å². The van der Waals surface area contributed by atoms with Gasteiger partial charge in [-0.1, -0.05) is 43.3 Å². The van der Waals surface area contributed by atoms with Crippen LogP contribution in [0.2, 0.25) is 0 Å². The molecular formula is C19H17NO2S. The molecule has 2 aromatic carbocycles. The number of carboxylic acid groups (broad SMARTS) is 1. The second-order valence-electron chi connectivity index (χ2n) is 5.32. The maximum absolute atomic E-state index is 11.2. The van der Waals surface area contributed by atoms with Crippen LogP contribution in [0.4, 0.5) is 0 Å². The SMILES string of the molecule is CCc1ccc(/C=C(\CC(=O)O)c2nc3ccccc3s2)cc1. The third-order valence-electron chi connectivity index (χ3n) is 3.64. The molecule has 0 saturated heterocycles. The van der Waals surface area contributed by atoms with Gasteiger partial charge >= 0.3 is 5.97 Å². The summed E-state index contributed by atoms with van der Waals surface area (Å²) in [5.41, 5.74) is 3.91. The second-order valence-corrected chi connectivity index (χ2v) is 6.35. The van der Waals surface area contributed by atoms with Crippen molar-refractivity contribution in [3.05, 3.63) is 64.7 Å². The zero-order chi connectivity index (χ0) is 16.2. The van der Waals surface area contributed by atoms with E-state index in [-0.39, 0.29) is 6.42 Å². The monoisotopic (exact) mass is 323 g/mol. The van der Waals surface area contributed by atoms with E-state index < -0.39 is 5.97 Å². The van der Waals surface area contributed by atoms with E-state index in [1.54, 1.807) is 0 Å². The Labute approximate surface area is 138 Å². The lowest BCUT2D eigenvalue weighted by Crippen LogP contribution is -1.97. The number of nitrogens with zero attached hydrogens (tertiary/aromatic N) is 1. The number of aryl methyl sites for hydroxylation is 1. The lowest BCUT2D eigenvalue weighted by molar-refractivity contribution is -0.135. The number of fused-ring (bicyclic) bond motifs is 1. The van der Waals surface area contributed by atoms with E-state index in [4.69, 9.17) is 0 Å². The van der Waals surface area contributed by atoms with Crippen molar-refractivity contribution in [1.29, 1.82) is 0 Å². The molecule has 0 amide bonds. The zero-order valence-electron chi connectivity index (χ0n) is 12.8. The largest absolute Gasteiger partial charge is 0.481 e. The molecule has 0 fully saturated rings. The van der Waals surface area contributed by atoms with Crippen LogP contribution in [0, 0.1) is 0 Å². The first-order valence-electron chi connectivity index (χ1n) is 7.53. The van der Waals surface area contributed by atoms with Crippen molar-refractivity contribution in [2.45, 2.75) is 19.8 Å². The second kappa shape index (κ2) is 6.75. The van der Waals surface area contributed by atoms with Gasteiger partial charge in [0.05, 0.1) is 16.6 Å². The third kappa shape index (κ3) is 3.66. The average Bonchev–Trinajstić information content (AvgIpc) is 2.98. The molecule has 0 atom stereocenters. The highest BCUT2D eigenvalue weighted by Gasteiger charge is 2.12. The lowest BCUT2D eigenvalue weighted by atomic mass is 10.1. The topological polar surface area (TPSA) is 50.2 Å². The van der Waals surface area contributed by atoms with Gasteiger partial charge in [-0.15, -0.1) is 11.3 Å². The van der Waals surface area contributed by atoms with Crippen LogP contribution in [-0.2, 0) is 11.2 Å². The van der Waals surface area contributed by atoms with Crippen molar-refractivity contribution in [2.24, 2.45) is 0 Å². The summed E-state index contributed by atoms with van der Waals surface area (Å²) >= 11 is 1.53. The number of carbonyl (C=O) groups is 1. The van der Waals surface area contributed by atoms with E-state index in [0.717, 1.165) is 32.8 Å². The number of aromatic nitrogens is 1. The summed E-state index contributed by atoms with van der Waals surface area (Å²) in [5, 5.41) is 9.99. The summed E-state index contributed by atoms with van der Waals surface area (Å²) in [6.07, 6.45) is 2.88. The van der Waals surface area contributed by atoms with E-state index in [1.807, 2.05) is 42.5 Å². The highest BCUT2D eigenvalue weighted by molar-refractivity contribution is 7.19. The number of carboxylic acids is 1. The van der Waals surface area contributed by atoms with E-state index in [9.17, 15) is 9.90 Å². The molecule has 0 saturated carbocycles. The number of thiazole rings is 1. The van der Waals surface area contributed by atoms with Crippen molar-refractivity contribution in [3.8, 4) is 0 Å². The van der Waals surface area contributed by atoms with Crippen molar-refractivity contribution >= 4 is 39.2 Å². The molecule has 116 valence electrons. The summed E-state index contributed by atoms with van der Waals surface area (Å²) in [6.45, 7) is 2.11. The predicted octanol–water partition coefficient (Wildman–Crippen LogP) is 4.87. The van der Waals surface area contributed by atoms with Gasteiger partial charge in [0, 0.05) is 0 Å². The van der Waals surface area contributed by atoms with Gasteiger partial charge < -0.3 is 5.11 Å². The first-order valence-corrected chi connectivity index (χ1v) is 8.34. The summed E-state index contributed by atoms with van der Waals surface area (Å²) in [5.74, 6) is -0.847. The van der Waals surface area contributed by atoms with E-state index >= 15 is 0 Å². The van der Waals surface area contributed by atoms with Crippen molar-refractivity contribution < 1.29 is 9.90 Å². The molecule has 0 radical (unpaired) electrons. The third-order valence-corrected chi connectivity index (χ3v) is 4.75. The van der Waals surface area contributed by atoms with E-state index in [2.05, 4.69) is 24.0 Å². The molecule has 0 aliphatic carbocycles. The fraction of sp³-hybridized carbons (Fsp3) is 0.158. The van der Waals surface area contributed by atoms with E-state index in [1.165, 1.54) is 16.9 Å². The number of aliphatic carboxylic acids is 1. The fourth-order valence-electron chi connectivity index (χ4n) is 2.41. The number of rotatable bonds is 5. The minimum atomic E-state index is -0.847. The molecule has 4 heteroatoms. The molecular weight excluding hydrogens is 306 g/mol. The summed E-state index contributed by atoms with van der Waals surface area (Å²) < 4.78 is 1.07. The van der Waals surface area contributed by atoms with Gasteiger partial charge in [-0.3, -0.25) is 4.79 Å². The Morgan fingerprint density at radius 3 is 2.57 bits per heavy atom. The van der Waals surface area contributed by atoms with Crippen LogP contribution in [0.1, 0.15) is 29.5 Å². The number of hydrogen-bond acceptors (Lipinski definition) is 3. The average molecular weight is 323 g/mol. The van der Waals surface area contributed by atoms with E-state index in [0.29, 0.717) is 0 Å². The first kappa shape index (κ1) is 15.4. The number of benzene rings is 2. The summed E-state index contributed by atoms with van der Waals surface area (Å²) in [7, 11) is 0. The van der Waals surface area contributed by atoms with Crippen molar-refractivity contribution in [1.82, 2.24) is 4.98 Å². The maximum Gasteiger partial charge on any atom is 0.307 e. The van der Waals surface area contributed by atoms with Gasteiger partial charge in [0.2, 0.25) is 0 Å². The maximum atomic E-state index is 11.2. The minimum Gasteiger partial charge on any atom is -0.481 e. The van der Waals surface area contributed by atoms with Gasteiger partial charge in [0.25, 0.3) is 0 Å². The smallest absolute Gasteiger partial charge is 0.307 e. The Morgan fingerprint density at radius 2 is 1.91 bits per heavy atom.